The first-order chi connectivity index (χ1) is 16.3. The quantitative estimate of drug-likeness (QED) is 0.695. The highest BCUT2D eigenvalue weighted by Gasteiger charge is 2.31. The van der Waals surface area contributed by atoms with E-state index in [-0.39, 0.29) is 22.6 Å². The van der Waals surface area contributed by atoms with Gasteiger partial charge in [-0.05, 0) is 62.9 Å². The van der Waals surface area contributed by atoms with Crippen LogP contribution in [-0.4, -0.2) is 56.2 Å². The second kappa shape index (κ2) is 10.6. The first-order valence-corrected chi connectivity index (χ1v) is 13.6. The number of carbonyl (C=O) groups excluding carboxylic acids is 2. The normalized spacial score (nSPS) is 17.8. The molecule has 2 heterocycles. The fourth-order valence-electron chi connectivity index (χ4n) is 4.71. The molecule has 0 aliphatic carbocycles. The summed E-state index contributed by atoms with van der Waals surface area (Å²) in [6, 6.07) is 13.2. The second-order valence-corrected chi connectivity index (χ2v) is 11.0. The Morgan fingerprint density at radius 2 is 1.50 bits per heavy atom. The lowest BCUT2D eigenvalue weighted by molar-refractivity contribution is -0.136. The van der Waals surface area contributed by atoms with E-state index in [0.717, 1.165) is 31.5 Å². The fraction of sp³-hybridized carbons (Fsp3) is 0.462. The first-order valence-electron chi connectivity index (χ1n) is 12.1. The molecule has 2 amide bonds. The van der Waals surface area contributed by atoms with Crippen molar-refractivity contribution in [3.8, 4) is 0 Å². The molecule has 182 valence electrons. The lowest BCUT2D eigenvalue weighted by atomic mass is 9.94. The van der Waals surface area contributed by atoms with Gasteiger partial charge in [0.05, 0.1) is 4.90 Å². The summed E-state index contributed by atoms with van der Waals surface area (Å²) in [6.45, 7) is 4.66. The zero-order chi connectivity index (χ0) is 24.1. The molecule has 34 heavy (non-hydrogen) atoms. The maximum absolute atomic E-state index is 13.1. The van der Waals surface area contributed by atoms with E-state index in [1.54, 1.807) is 53.4 Å². The van der Waals surface area contributed by atoms with E-state index in [4.69, 9.17) is 0 Å². The molecule has 2 fully saturated rings. The predicted octanol–water partition coefficient (Wildman–Crippen LogP) is 4.05. The lowest BCUT2D eigenvalue weighted by Gasteiger charge is -2.34. The number of hydrogen-bond acceptors (Lipinski definition) is 4. The summed E-state index contributed by atoms with van der Waals surface area (Å²) in [4.78, 5) is 30.0. The van der Waals surface area contributed by atoms with Crippen molar-refractivity contribution >= 4 is 27.5 Å². The number of nitrogens with zero attached hydrogens (tertiary/aromatic N) is 2. The Morgan fingerprint density at radius 1 is 0.853 bits per heavy atom. The first kappa shape index (κ1) is 24.3. The molecular formula is C26H33N3O4S. The zero-order valence-corrected chi connectivity index (χ0v) is 20.5. The molecule has 7 nitrogen and oxygen atoms in total. The molecule has 0 atom stereocenters. The van der Waals surface area contributed by atoms with E-state index in [1.165, 1.54) is 12.8 Å². The Bertz CT molecular complexity index is 1110. The highest BCUT2D eigenvalue weighted by atomic mass is 32.2. The van der Waals surface area contributed by atoms with E-state index in [2.05, 4.69) is 4.72 Å². The van der Waals surface area contributed by atoms with E-state index >= 15 is 0 Å². The lowest BCUT2D eigenvalue weighted by Crippen LogP contribution is -2.44. The Morgan fingerprint density at radius 3 is 2.15 bits per heavy atom. The SMILES string of the molecule is Cc1ccc(S(=O)(=O)Nc2cccc(C(=O)N3CCC(C(=O)N4CCCCCC4)CC3)c2)cc1. The van der Waals surface area contributed by atoms with Crippen molar-refractivity contribution in [3.05, 3.63) is 59.7 Å². The summed E-state index contributed by atoms with van der Waals surface area (Å²) in [5.41, 5.74) is 1.75. The molecule has 0 radical (unpaired) electrons. The summed E-state index contributed by atoms with van der Waals surface area (Å²) in [5.74, 6) is 0.0772. The maximum Gasteiger partial charge on any atom is 0.261 e. The van der Waals surface area contributed by atoms with Crippen molar-refractivity contribution in [3.63, 3.8) is 0 Å². The molecule has 2 aromatic rings. The summed E-state index contributed by atoms with van der Waals surface area (Å²) in [7, 11) is -3.74. The number of piperidine rings is 1. The van der Waals surface area contributed by atoms with Crippen LogP contribution in [0.4, 0.5) is 5.69 Å². The Hall–Kier alpha value is -2.87. The molecule has 2 aromatic carbocycles. The van der Waals surface area contributed by atoms with E-state index in [0.29, 0.717) is 37.2 Å². The number of nitrogens with one attached hydrogen (secondary N) is 1. The van der Waals surface area contributed by atoms with E-state index in [9.17, 15) is 18.0 Å². The monoisotopic (exact) mass is 483 g/mol. The van der Waals surface area contributed by atoms with Crippen LogP contribution in [0.15, 0.2) is 53.4 Å². The van der Waals surface area contributed by atoms with Crippen molar-refractivity contribution in [1.82, 2.24) is 9.80 Å². The third-order valence-electron chi connectivity index (χ3n) is 6.74. The van der Waals surface area contributed by atoms with Gasteiger partial charge >= 0.3 is 0 Å². The minimum atomic E-state index is -3.74. The van der Waals surface area contributed by atoms with Crippen molar-refractivity contribution in [1.29, 1.82) is 0 Å². The summed E-state index contributed by atoms with van der Waals surface area (Å²) < 4.78 is 28.0. The number of benzene rings is 2. The van der Waals surface area contributed by atoms with Crippen molar-refractivity contribution < 1.29 is 18.0 Å². The van der Waals surface area contributed by atoms with Crippen molar-refractivity contribution in [2.24, 2.45) is 5.92 Å². The van der Waals surface area contributed by atoms with E-state index in [1.807, 2.05) is 11.8 Å². The van der Waals surface area contributed by atoms with Gasteiger partial charge in [0.25, 0.3) is 15.9 Å². The van der Waals surface area contributed by atoms with Crippen LogP contribution in [0.2, 0.25) is 0 Å². The Balaban J connectivity index is 1.37. The molecule has 2 aliphatic rings. The predicted molar refractivity (Wildman–Crippen MR) is 132 cm³/mol. The second-order valence-electron chi connectivity index (χ2n) is 9.31. The van der Waals surface area contributed by atoms with Crippen LogP contribution >= 0.6 is 0 Å². The number of hydrogen-bond donors (Lipinski definition) is 1. The number of aryl methyl sites for hydroxylation is 1. The van der Waals surface area contributed by atoms with Gasteiger partial charge in [-0.25, -0.2) is 8.42 Å². The van der Waals surface area contributed by atoms with Gasteiger partial charge in [-0.1, -0.05) is 36.6 Å². The summed E-state index contributed by atoms with van der Waals surface area (Å²) in [5, 5.41) is 0. The van der Waals surface area contributed by atoms with Crippen LogP contribution in [0.25, 0.3) is 0 Å². The van der Waals surface area contributed by atoms with Crippen LogP contribution < -0.4 is 4.72 Å². The largest absolute Gasteiger partial charge is 0.342 e. The molecule has 4 rings (SSSR count). The highest BCUT2D eigenvalue weighted by Crippen LogP contribution is 2.24. The summed E-state index contributed by atoms with van der Waals surface area (Å²) >= 11 is 0. The standard InChI is InChI=1S/C26H33N3O4S/c1-20-9-11-24(12-10-20)34(32,33)27-23-8-6-7-22(19-23)26(31)29-17-13-21(14-18-29)25(30)28-15-4-2-3-5-16-28/h6-12,19,21,27H,2-5,13-18H2,1H3. The molecule has 0 bridgehead atoms. The molecule has 2 saturated heterocycles. The van der Waals surface area contributed by atoms with Crippen molar-refractivity contribution in [2.45, 2.75) is 50.3 Å². The topological polar surface area (TPSA) is 86.8 Å². The minimum absolute atomic E-state index is 0.0187. The van der Waals surface area contributed by atoms with E-state index < -0.39 is 10.0 Å². The van der Waals surface area contributed by atoms with Gasteiger partial charge in [0, 0.05) is 43.3 Å². The van der Waals surface area contributed by atoms with Gasteiger partial charge in [0.1, 0.15) is 0 Å². The Kier molecular flexibility index (Phi) is 7.56. The Labute approximate surface area is 202 Å². The van der Waals surface area contributed by atoms with Crippen LogP contribution in [0.3, 0.4) is 0 Å². The third kappa shape index (κ3) is 5.78. The van der Waals surface area contributed by atoms with Gasteiger partial charge in [0.2, 0.25) is 5.91 Å². The molecule has 0 spiro atoms. The van der Waals surface area contributed by atoms with Gasteiger partial charge in [-0.15, -0.1) is 0 Å². The minimum Gasteiger partial charge on any atom is -0.342 e. The van der Waals surface area contributed by atoms with Gasteiger partial charge < -0.3 is 9.80 Å². The van der Waals surface area contributed by atoms with Gasteiger partial charge in [-0.2, -0.15) is 0 Å². The fourth-order valence-corrected chi connectivity index (χ4v) is 5.76. The number of carbonyl (C=O) groups is 2. The summed E-state index contributed by atoms with van der Waals surface area (Å²) in [6.07, 6.45) is 5.87. The molecule has 0 unspecified atom stereocenters. The number of likely N-dealkylation sites (tertiary alicyclic amines) is 2. The van der Waals surface area contributed by atoms with Gasteiger partial charge in [-0.3, -0.25) is 14.3 Å². The molecule has 2 aliphatic heterocycles. The number of anilines is 1. The number of rotatable bonds is 5. The van der Waals surface area contributed by atoms with Gasteiger partial charge in [0.15, 0.2) is 0 Å². The third-order valence-corrected chi connectivity index (χ3v) is 8.14. The van der Waals surface area contributed by atoms with Crippen LogP contribution in [0.5, 0.6) is 0 Å². The molecule has 1 N–H and O–H groups in total. The molecule has 0 saturated carbocycles. The number of amides is 2. The smallest absolute Gasteiger partial charge is 0.261 e. The average molecular weight is 484 g/mol. The maximum atomic E-state index is 13.1. The zero-order valence-electron chi connectivity index (χ0n) is 19.7. The molecule has 8 heteroatoms. The van der Waals surface area contributed by atoms with Crippen LogP contribution in [-0.2, 0) is 14.8 Å². The number of sulfonamides is 1. The van der Waals surface area contributed by atoms with Crippen molar-refractivity contribution in [2.75, 3.05) is 30.9 Å². The van der Waals surface area contributed by atoms with Crippen LogP contribution in [0, 0.1) is 12.8 Å². The molecular weight excluding hydrogens is 450 g/mol. The average Bonchev–Trinajstić information content (AvgIpc) is 3.13. The van der Waals surface area contributed by atoms with Crippen LogP contribution in [0.1, 0.15) is 54.4 Å². The highest BCUT2D eigenvalue weighted by molar-refractivity contribution is 7.92. The molecule has 0 aromatic heterocycles.